The molecule has 1 aromatic heterocycles. The van der Waals surface area contributed by atoms with Crippen molar-refractivity contribution in [1.29, 1.82) is 0 Å². The van der Waals surface area contributed by atoms with E-state index in [1.165, 1.54) is 10.5 Å². The Hall–Kier alpha value is -1.09. The Kier molecular flexibility index (Phi) is 4.92. The van der Waals surface area contributed by atoms with Gasteiger partial charge in [0.15, 0.2) is 0 Å². The maximum atomic E-state index is 13.5. The highest BCUT2D eigenvalue weighted by molar-refractivity contribution is 7.89. The molecule has 1 unspecified atom stereocenters. The number of hydrogen-bond acceptors (Lipinski definition) is 5. The number of nitrogens with zero attached hydrogens (tertiary/aromatic N) is 3. The van der Waals surface area contributed by atoms with Gasteiger partial charge in [-0.15, -0.1) is 0 Å². The number of pyridine rings is 1. The van der Waals surface area contributed by atoms with Gasteiger partial charge in [-0.25, -0.2) is 12.8 Å². The molecule has 0 aromatic carbocycles. The molecule has 8 heteroatoms. The average Bonchev–Trinajstić information content (AvgIpc) is 2.97. The highest BCUT2D eigenvalue weighted by Gasteiger charge is 2.47. The van der Waals surface area contributed by atoms with Gasteiger partial charge in [0.1, 0.15) is 10.7 Å². The van der Waals surface area contributed by atoms with Crippen LogP contribution in [0.5, 0.6) is 0 Å². The summed E-state index contributed by atoms with van der Waals surface area (Å²) in [5, 5.41) is 0. The van der Waals surface area contributed by atoms with Crippen LogP contribution < -0.4 is 0 Å². The minimum Gasteiger partial charge on any atom is -0.372 e. The van der Waals surface area contributed by atoms with E-state index in [2.05, 4.69) is 4.98 Å². The van der Waals surface area contributed by atoms with Crippen LogP contribution in [-0.2, 0) is 14.8 Å². The van der Waals surface area contributed by atoms with Crippen LogP contribution in [-0.4, -0.2) is 68.0 Å². The van der Waals surface area contributed by atoms with Crippen molar-refractivity contribution < 1.29 is 17.5 Å². The van der Waals surface area contributed by atoms with Gasteiger partial charge in [-0.2, -0.15) is 4.31 Å². The second-order valence-electron chi connectivity index (χ2n) is 7.01. The maximum Gasteiger partial charge on any atom is 0.245 e. The Bertz CT molecular complexity index is 690. The zero-order valence-corrected chi connectivity index (χ0v) is 14.9. The molecule has 2 fully saturated rings. The van der Waals surface area contributed by atoms with E-state index in [1.807, 2.05) is 19.0 Å². The molecule has 1 aromatic rings. The smallest absolute Gasteiger partial charge is 0.245 e. The first-order valence-corrected chi connectivity index (χ1v) is 9.68. The molecule has 134 valence electrons. The Morgan fingerprint density at radius 3 is 2.71 bits per heavy atom. The summed E-state index contributed by atoms with van der Waals surface area (Å²) in [6.07, 6.45) is 6.06. The number of rotatable bonds is 4. The summed E-state index contributed by atoms with van der Waals surface area (Å²) in [6, 6.07) is 0.741. The largest absolute Gasteiger partial charge is 0.372 e. The van der Waals surface area contributed by atoms with Crippen LogP contribution in [0.2, 0.25) is 0 Å². The lowest BCUT2D eigenvalue weighted by Crippen LogP contribution is -2.59. The first-order valence-electron chi connectivity index (χ1n) is 8.24. The molecule has 1 aliphatic heterocycles. The van der Waals surface area contributed by atoms with E-state index < -0.39 is 21.4 Å². The van der Waals surface area contributed by atoms with E-state index in [9.17, 15) is 12.8 Å². The fourth-order valence-corrected chi connectivity index (χ4v) is 5.30. The van der Waals surface area contributed by atoms with Gasteiger partial charge in [-0.3, -0.25) is 4.98 Å². The Balaban J connectivity index is 1.94. The predicted octanol–water partition coefficient (Wildman–Crippen LogP) is 1.48. The van der Waals surface area contributed by atoms with E-state index in [4.69, 9.17) is 4.74 Å². The fourth-order valence-electron chi connectivity index (χ4n) is 3.65. The van der Waals surface area contributed by atoms with Gasteiger partial charge in [-0.1, -0.05) is 12.8 Å². The van der Waals surface area contributed by atoms with Gasteiger partial charge in [0.2, 0.25) is 10.0 Å². The fraction of sp³-hybridized carbons (Fsp3) is 0.688. The molecular weight excluding hydrogens is 333 g/mol. The highest BCUT2D eigenvalue weighted by atomic mass is 32.2. The Morgan fingerprint density at radius 1 is 1.38 bits per heavy atom. The minimum absolute atomic E-state index is 0.0960. The summed E-state index contributed by atoms with van der Waals surface area (Å²) in [7, 11) is -0.0240. The number of likely N-dealkylation sites (N-methyl/N-ethyl adjacent to an activating group) is 1. The van der Waals surface area contributed by atoms with Crippen LogP contribution in [0.4, 0.5) is 4.39 Å². The van der Waals surface area contributed by atoms with Crippen molar-refractivity contribution in [3.63, 3.8) is 0 Å². The highest BCUT2D eigenvalue weighted by Crippen LogP contribution is 2.39. The topological polar surface area (TPSA) is 62.7 Å². The zero-order chi connectivity index (χ0) is 17.4. The molecule has 1 spiro atoms. The van der Waals surface area contributed by atoms with Gasteiger partial charge >= 0.3 is 0 Å². The summed E-state index contributed by atoms with van der Waals surface area (Å²) >= 11 is 0. The number of morpholine rings is 1. The van der Waals surface area contributed by atoms with Crippen molar-refractivity contribution in [2.75, 3.05) is 33.8 Å². The third-order valence-electron chi connectivity index (χ3n) is 4.81. The quantitative estimate of drug-likeness (QED) is 0.817. The standard InChI is InChI=1S/C16H24FN3O3S/c1-19(2)10-14-11-23-16(5-3-4-6-16)12-20(14)24(21,22)15-7-13(17)8-18-9-15/h7-9,14H,3-6,10-12H2,1-2H3. The van der Waals surface area contributed by atoms with Crippen LogP contribution in [0.1, 0.15) is 25.7 Å². The number of halogens is 1. The Labute approximate surface area is 142 Å². The molecule has 1 aliphatic carbocycles. The van der Waals surface area contributed by atoms with Gasteiger partial charge in [0.25, 0.3) is 0 Å². The van der Waals surface area contributed by atoms with Crippen LogP contribution in [0.25, 0.3) is 0 Å². The molecule has 2 aliphatic rings. The Morgan fingerprint density at radius 2 is 2.08 bits per heavy atom. The van der Waals surface area contributed by atoms with Gasteiger partial charge in [-0.05, 0) is 33.0 Å². The second-order valence-corrected chi connectivity index (χ2v) is 8.90. The van der Waals surface area contributed by atoms with Crippen molar-refractivity contribution in [2.45, 2.75) is 42.2 Å². The second kappa shape index (κ2) is 6.67. The van der Waals surface area contributed by atoms with Crippen LogP contribution in [0.15, 0.2) is 23.4 Å². The number of aromatic nitrogens is 1. The molecule has 2 heterocycles. The summed E-state index contributed by atoms with van der Waals surface area (Å²) in [4.78, 5) is 5.54. The first-order chi connectivity index (χ1) is 11.3. The molecule has 3 rings (SSSR count). The number of hydrogen-bond donors (Lipinski definition) is 0. The maximum absolute atomic E-state index is 13.5. The van der Waals surface area contributed by atoms with Crippen molar-refractivity contribution in [2.24, 2.45) is 0 Å². The number of sulfonamides is 1. The van der Waals surface area contributed by atoms with E-state index in [1.54, 1.807) is 0 Å². The zero-order valence-electron chi connectivity index (χ0n) is 14.1. The van der Waals surface area contributed by atoms with E-state index >= 15 is 0 Å². The normalized spacial score (nSPS) is 24.8. The van der Waals surface area contributed by atoms with Gasteiger partial charge in [0.05, 0.1) is 24.4 Å². The molecule has 6 nitrogen and oxygen atoms in total. The average molecular weight is 357 g/mol. The SMILES string of the molecule is CN(C)CC1COC2(CCCC2)CN1S(=O)(=O)c1cncc(F)c1. The monoisotopic (exact) mass is 357 g/mol. The molecule has 1 saturated heterocycles. The van der Waals surface area contributed by atoms with Crippen molar-refractivity contribution in [3.8, 4) is 0 Å². The third kappa shape index (κ3) is 3.46. The van der Waals surface area contributed by atoms with Crippen LogP contribution >= 0.6 is 0 Å². The van der Waals surface area contributed by atoms with E-state index in [-0.39, 0.29) is 10.9 Å². The first kappa shape index (κ1) is 17.7. The van der Waals surface area contributed by atoms with Crippen LogP contribution in [0.3, 0.4) is 0 Å². The molecule has 0 radical (unpaired) electrons. The molecule has 0 N–H and O–H groups in total. The minimum atomic E-state index is -3.82. The van der Waals surface area contributed by atoms with Crippen molar-refractivity contribution >= 4 is 10.0 Å². The molecular formula is C16H24FN3O3S. The van der Waals surface area contributed by atoms with Crippen molar-refractivity contribution in [1.82, 2.24) is 14.2 Å². The van der Waals surface area contributed by atoms with Gasteiger partial charge < -0.3 is 9.64 Å². The van der Waals surface area contributed by atoms with Crippen molar-refractivity contribution in [3.05, 3.63) is 24.3 Å². The number of ether oxygens (including phenoxy) is 1. The molecule has 24 heavy (non-hydrogen) atoms. The predicted molar refractivity (Wildman–Crippen MR) is 87.6 cm³/mol. The lowest BCUT2D eigenvalue weighted by Gasteiger charge is -2.45. The summed E-state index contributed by atoms with van der Waals surface area (Å²) < 4.78 is 47.3. The molecule has 1 atom stereocenters. The van der Waals surface area contributed by atoms with E-state index in [0.717, 1.165) is 37.9 Å². The summed E-state index contributed by atoms with van der Waals surface area (Å²) in [5.41, 5.74) is -0.392. The summed E-state index contributed by atoms with van der Waals surface area (Å²) in [5.74, 6) is -0.649. The molecule has 0 amide bonds. The molecule has 0 bridgehead atoms. The lowest BCUT2D eigenvalue weighted by atomic mass is 9.99. The van der Waals surface area contributed by atoms with Crippen LogP contribution in [0, 0.1) is 5.82 Å². The lowest BCUT2D eigenvalue weighted by molar-refractivity contribution is -0.109. The molecule has 1 saturated carbocycles. The van der Waals surface area contributed by atoms with Gasteiger partial charge in [0, 0.05) is 19.3 Å². The van der Waals surface area contributed by atoms with E-state index in [0.29, 0.717) is 19.7 Å². The summed E-state index contributed by atoms with van der Waals surface area (Å²) in [6.45, 7) is 1.24. The third-order valence-corrected chi connectivity index (χ3v) is 6.67.